The standard InChI is InChI=1S/C15H22O/c1-9-7-11(16)8-10-5-6-12-13(14(12,2)3)15(9,10)4/h5,9,12-13H,6-8H2,1-4H3/t9-,12+,13-,15+/m0/s1. The molecular formula is C15H22O. The highest BCUT2D eigenvalue weighted by molar-refractivity contribution is 5.83. The summed E-state index contributed by atoms with van der Waals surface area (Å²) in [5, 5.41) is 0. The first-order chi connectivity index (χ1) is 7.38. The normalized spacial score (nSPS) is 49.1. The molecule has 0 radical (unpaired) electrons. The average molecular weight is 218 g/mol. The Morgan fingerprint density at radius 1 is 1.31 bits per heavy atom. The van der Waals surface area contributed by atoms with Gasteiger partial charge in [-0.2, -0.15) is 0 Å². The van der Waals surface area contributed by atoms with Crippen LogP contribution in [0.5, 0.6) is 0 Å². The molecule has 88 valence electrons. The SMILES string of the molecule is C[C@H]1CC(=O)CC2=CC[C@@H]3[C@@H](C3(C)C)[C@@]21C. The van der Waals surface area contributed by atoms with E-state index in [1.165, 1.54) is 12.0 Å². The Hall–Kier alpha value is -0.590. The zero-order valence-electron chi connectivity index (χ0n) is 10.8. The van der Waals surface area contributed by atoms with Crippen LogP contribution in [-0.2, 0) is 4.79 Å². The summed E-state index contributed by atoms with van der Waals surface area (Å²) in [6.07, 6.45) is 5.14. The van der Waals surface area contributed by atoms with Crippen molar-refractivity contribution in [1.29, 1.82) is 0 Å². The fraction of sp³-hybridized carbons (Fsp3) is 0.800. The van der Waals surface area contributed by atoms with E-state index in [4.69, 9.17) is 0 Å². The first-order valence-corrected chi connectivity index (χ1v) is 6.59. The number of hydrogen-bond acceptors (Lipinski definition) is 1. The average Bonchev–Trinajstić information content (AvgIpc) is 2.73. The van der Waals surface area contributed by atoms with Crippen molar-refractivity contribution >= 4 is 5.78 Å². The Morgan fingerprint density at radius 2 is 2.00 bits per heavy atom. The second kappa shape index (κ2) is 2.80. The third-order valence-corrected chi connectivity index (χ3v) is 5.95. The number of carbonyl (C=O) groups is 1. The summed E-state index contributed by atoms with van der Waals surface area (Å²) < 4.78 is 0. The molecule has 0 aromatic heterocycles. The monoisotopic (exact) mass is 218 g/mol. The van der Waals surface area contributed by atoms with Crippen LogP contribution in [0.2, 0.25) is 0 Å². The Morgan fingerprint density at radius 3 is 2.69 bits per heavy atom. The van der Waals surface area contributed by atoms with Gasteiger partial charge in [0.05, 0.1) is 0 Å². The number of Topliss-reactive ketones (excluding diaryl/α,β-unsaturated/α-hetero) is 1. The molecule has 16 heavy (non-hydrogen) atoms. The summed E-state index contributed by atoms with van der Waals surface area (Å²) >= 11 is 0. The van der Waals surface area contributed by atoms with Gasteiger partial charge in [-0.1, -0.05) is 39.3 Å². The van der Waals surface area contributed by atoms with Crippen molar-refractivity contribution in [3.8, 4) is 0 Å². The maximum absolute atomic E-state index is 11.7. The Bertz CT molecular complexity index is 390. The third kappa shape index (κ3) is 1.05. The molecular weight excluding hydrogens is 196 g/mol. The van der Waals surface area contributed by atoms with E-state index in [0.29, 0.717) is 22.5 Å². The van der Waals surface area contributed by atoms with Crippen LogP contribution in [0.1, 0.15) is 47.0 Å². The van der Waals surface area contributed by atoms with E-state index >= 15 is 0 Å². The van der Waals surface area contributed by atoms with E-state index in [-0.39, 0.29) is 0 Å². The highest BCUT2D eigenvalue weighted by Gasteiger charge is 2.68. The Kier molecular flexibility index (Phi) is 1.85. The van der Waals surface area contributed by atoms with Gasteiger partial charge in [-0.25, -0.2) is 0 Å². The first-order valence-electron chi connectivity index (χ1n) is 6.59. The smallest absolute Gasteiger partial charge is 0.137 e. The van der Waals surface area contributed by atoms with Crippen molar-refractivity contribution in [2.75, 3.05) is 0 Å². The fourth-order valence-electron chi connectivity index (χ4n) is 4.79. The van der Waals surface area contributed by atoms with Crippen molar-refractivity contribution in [2.24, 2.45) is 28.6 Å². The molecule has 0 bridgehead atoms. The van der Waals surface area contributed by atoms with E-state index < -0.39 is 0 Å². The molecule has 0 spiro atoms. The molecule has 3 aliphatic carbocycles. The van der Waals surface area contributed by atoms with Gasteiger partial charge in [0.25, 0.3) is 0 Å². The molecule has 0 unspecified atom stereocenters. The van der Waals surface area contributed by atoms with Gasteiger partial charge in [0, 0.05) is 12.8 Å². The molecule has 2 saturated carbocycles. The number of fused-ring (bicyclic) bond motifs is 3. The van der Waals surface area contributed by atoms with Crippen molar-refractivity contribution in [1.82, 2.24) is 0 Å². The molecule has 0 N–H and O–H groups in total. The van der Waals surface area contributed by atoms with Crippen molar-refractivity contribution in [2.45, 2.75) is 47.0 Å². The lowest BCUT2D eigenvalue weighted by Gasteiger charge is -2.44. The predicted molar refractivity (Wildman–Crippen MR) is 65.0 cm³/mol. The molecule has 0 amide bonds. The summed E-state index contributed by atoms with van der Waals surface area (Å²) in [6.45, 7) is 9.52. The molecule has 0 aromatic carbocycles. The quantitative estimate of drug-likeness (QED) is 0.568. The molecule has 1 heteroatoms. The number of hydrogen-bond donors (Lipinski definition) is 0. The minimum atomic E-state index is 0.320. The van der Waals surface area contributed by atoms with Crippen LogP contribution >= 0.6 is 0 Å². The van der Waals surface area contributed by atoms with Crippen LogP contribution in [-0.4, -0.2) is 5.78 Å². The summed E-state index contributed by atoms with van der Waals surface area (Å²) in [6, 6.07) is 0. The van der Waals surface area contributed by atoms with Gasteiger partial charge in [-0.15, -0.1) is 0 Å². The molecule has 3 aliphatic rings. The van der Waals surface area contributed by atoms with E-state index in [1.54, 1.807) is 0 Å². The van der Waals surface area contributed by atoms with E-state index in [0.717, 1.165) is 24.7 Å². The van der Waals surface area contributed by atoms with Crippen LogP contribution in [0.3, 0.4) is 0 Å². The Balaban J connectivity index is 2.03. The molecule has 3 rings (SSSR count). The lowest BCUT2D eigenvalue weighted by Crippen LogP contribution is -2.39. The van der Waals surface area contributed by atoms with Gasteiger partial charge in [0.1, 0.15) is 5.78 Å². The second-order valence-corrected chi connectivity index (χ2v) is 6.97. The summed E-state index contributed by atoms with van der Waals surface area (Å²) in [5.74, 6) is 2.68. The number of ketones is 1. The molecule has 2 fully saturated rings. The van der Waals surface area contributed by atoms with Crippen LogP contribution in [0.25, 0.3) is 0 Å². The zero-order chi connectivity index (χ0) is 11.7. The van der Waals surface area contributed by atoms with Crippen molar-refractivity contribution in [3.63, 3.8) is 0 Å². The second-order valence-electron chi connectivity index (χ2n) is 6.97. The van der Waals surface area contributed by atoms with E-state index in [9.17, 15) is 4.79 Å². The Labute approximate surface area is 98.3 Å². The van der Waals surface area contributed by atoms with Gasteiger partial charge in [-0.05, 0) is 35.0 Å². The molecule has 0 aromatic rings. The van der Waals surface area contributed by atoms with Crippen LogP contribution in [0, 0.1) is 28.6 Å². The number of rotatable bonds is 0. The lowest BCUT2D eigenvalue weighted by atomic mass is 9.59. The number of carbonyl (C=O) groups excluding carboxylic acids is 1. The fourth-order valence-corrected chi connectivity index (χ4v) is 4.79. The first kappa shape index (κ1) is 10.6. The summed E-state index contributed by atoms with van der Waals surface area (Å²) in [5.41, 5.74) is 2.28. The minimum absolute atomic E-state index is 0.320. The van der Waals surface area contributed by atoms with Gasteiger partial charge in [0.2, 0.25) is 0 Å². The van der Waals surface area contributed by atoms with Crippen molar-refractivity contribution in [3.05, 3.63) is 11.6 Å². The van der Waals surface area contributed by atoms with Gasteiger partial charge >= 0.3 is 0 Å². The predicted octanol–water partition coefficient (Wildman–Crippen LogP) is 3.59. The molecule has 0 heterocycles. The lowest BCUT2D eigenvalue weighted by molar-refractivity contribution is -0.122. The van der Waals surface area contributed by atoms with E-state index in [2.05, 4.69) is 33.8 Å². The molecule has 0 saturated heterocycles. The minimum Gasteiger partial charge on any atom is -0.299 e. The maximum Gasteiger partial charge on any atom is 0.137 e. The van der Waals surface area contributed by atoms with Crippen LogP contribution < -0.4 is 0 Å². The third-order valence-electron chi connectivity index (χ3n) is 5.95. The summed E-state index contributed by atoms with van der Waals surface area (Å²) in [7, 11) is 0. The van der Waals surface area contributed by atoms with Gasteiger partial charge < -0.3 is 0 Å². The molecule has 1 nitrogen and oxygen atoms in total. The maximum atomic E-state index is 11.7. The van der Waals surface area contributed by atoms with Crippen LogP contribution in [0.4, 0.5) is 0 Å². The van der Waals surface area contributed by atoms with Gasteiger partial charge in [0.15, 0.2) is 0 Å². The zero-order valence-corrected chi connectivity index (χ0v) is 10.8. The van der Waals surface area contributed by atoms with E-state index in [1.807, 2.05) is 0 Å². The van der Waals surface area contributed by atoms with Crippen LogP contribution in [0.15, 0.2) is 11.6 Å². The molecule has 0 aliphatic heterocycles. The highest BCUT2D eigenvalue weighted by atomic mass is 16.1. The number of allylic oxidation sites excluding steroid dienone is 2. The topological polar surface area (TPSA) is 17.1 Å². The van der Waals surface area contributed by atoms with Gasteiger partial charge in [-0.3, -0.25) is 4.79 Å². The largest absolute Gasteiger partial charge is 0.299 e. The summed E-state index contributed by atoms with van der Waals surface area (Å²) in [4.78, 5) is 11.7. The van der Waals surface area contributed by atoms with Crippen molar-refractivity contribution < 1.29 is 4.79 Å². The molecule has 4 atom stereocenters. The highest BCUT2D eigenvalue weighted by Crippen LogP contribution is 2.74.